The summed E-state index contributed by atoms with van der Waals surface area (Å²) in [6.07, 6.45) is 2.65. The minimum Gasteiger partial charge on any atom is -0.461 e. The zero-order valence-corrected chi connectivity index (χ0v) is 17.1. The quantitative estimate of drug-likeness (QED) is 0.806. The van der Waals surface area contributed by atoms with E-state index in [-0.39, 0.29) is 17.5 Å². The molecule has 3 heterocycles. The van der Waals surface area contributed by atoms with E-state index in [1.165, 1.54) is 5.56 Å². The molecule has 2 fully saturated rings. The van der Waals surface area contributed by atoms with Crippen LogP contribution in [0.2, 0.25) is 0 Å². The molecule has 4 rings (SSSR count). The highest BCUT2D eigenvalue weighted by molar-refractivity contribution is 5.79. The van der Waals surface area contributed by atoms with Crippen LogP contribution in [0.5, 0.6) is 0 Å². The molecule has 150 valence electrons. The number of rotatable bonds is 5. The van der Waals surface area contributed by atoms with Crippen LogP contribution in [0.1, 0.15) is 36.2 Å². The maximum absolute atomic E-state index is 12.5. The molecule has 1 unspecified atom stereocenters. The van der Waals surface area contributed by atoms with Gasteiger partial charge in [0, 0.05) is 25.2 Å². The molecule has 0 saturated carbocycles. The summed E-state index contributed by atoms with van der Waals surface area (Å²) in [5, 5.41) is 7.92. The Bertz CT molecular complexity index is 854. The molecule has 0 radical (unpaired) electrons. The number of aromatic nitrogens is 2. The van der Waals surface area contributed by atoms with Gasteiger partial charge in [-0.15, -0.1) is 0 Å². The monoisotopic (exact) mass is 382 g/mol. The molecule has 1 N–H and O–H groups in total. The first kappa shape index (κ1) is 19.2. The van der Waals surface area contributed by atoms with E-state index in [0.29, 0.717) is 0 Å². The van der Waals surface area contributed by atoms with Gasteiger partial charge in [0.1, 0.15) is 6.10 Å². The van der Waals surface area contributed by atoms with E-state index >= 15 is 0 Å². The Morgan fingerprint density at radius 2 is 2.07 bits per heavy atom. The third-order valence-electron chi connectivity index (χ3n) is 6.02. The summed E-state index contributed by atoms with van der Waals surface area (Å²) in [6.45, 7) is 7.50. The topological polar surface area (TPSA) is 59.4 Å². The van der Waals surface area contributed by atoms with Crippen LogP contribution in [0.15, 0.2) is 30.3 Å². The molecule has 2 aliphatic rings. The molecule has 2 aromatic rings. The molecule has 6 nitrogen and oxygen atoms in total. The number of carbonyl (C=O) groups excluding carboxylic acids is 1. The van der Waals surface area contributed by atoms with E-state index in [1.54, 1.807) is 0 Å². The Morgan fingerprint density at radius 1 is 1.29 bits per heavy atom. The highest BCUT2D eigenvalue weighted by atomic mass is 16.6. The summed E-state index contributed by atoms with van der Waals surface area (Å²) in [5.74, 6) is 0.0129. The van der Waals surface area contributed by atoms with E-state index in [2.05, 4.69) is 59.6 Å². The first-order chi connectivity index (χ1) is 13.4. The Hall–Kier alpha value is -2.18. The number of piperidine rings is 1. The molecule has 1 atom stereocenters. The number of hydrogen-bond donors (Lipinski definition) is 1. The Kier molecular flexibility index (Phi) is 5.25. The Morgan fingerprint density at radius 3 is 2.79 bits per heavy atom. The van der Waals surface area contributed by atoms with Crippen LogP contribution < -0.4 is 5.32 Å². The van der Waals surface area contributed by atoms with E-state index in [0.717, 1.165) is 62.5 Å². The summed E-state index contributed by atoms with van der Waals surface area (Å²) < 4.78 is 7.74. The van der Waals surface area contributed by atoms with E-state index < -0.39 is 0 Å². The fourth-order valence-electron chi connectivity index (χ4n) is 4.65. The molecule has 1 aromatic heterocycles. The second-order valence-electron chi connectivity index (χ2n) is 8.47. The number of cyclic esters (lactones) is 1. The molecule has 0 bridgehead atoms. The minimum atomic E-state index is -0.244. The molecule has 2 aliphatic heterocycles. The van der Waals surface area contributed by atoms with Crippen LogP contribution in [0.4, 0.5) is 0 Å². The van der Waals surface area contributed by atoms with Crippen molar-refractivity contribution >= 4 is 5.97 Å². The SMILES string of the molecule is Cc1cc(C)n(-c2cccc(CN(C)CC3CC4(CCNCC4)C(=O)O3)c2)n1. The van der Waals surface area contributed by atoms with Gasteiger partial charge in [0.05, 0.1) is 16.8 Å². The summed E-state index contributed by atoms with van der Waals surface area (Å²) in [5.41, 5.74) is 4.22. The van der Waals surface area contributed by atoms with Crippen LogP contribution in [-0.4, -0.2) is 53.4 Å². The zero-order valence-electron chi connectivity index (χ0n) is 17.1. The van der Waals surface area contributed by atoms with Gasteiger partial charge in [0.2, 0.25) is 0 Å². The first-order valence-corrected chi connectivity index (χ1v) is 10.2. The van der Waals surface area contributed by atoms with Crippen molar-refractivity contribution in [2.75, 3.05) is 26.7 Å². The van der Waals surface area contributed by atoms with Crippen molar-refractivity contribution in [3.8, 4) is 5.69 Å². The number of carbonyl (C=O) groups is 1. The third kappa shape index (κ3) is 3.84. The molecule has 6 heteroatoms. The largest absolute Gasteiger partial charge is 0.461 e. The number of ether oxygens (including phenoxy) is 1. The second-order valence-corrected chi connectivity index (χ2v) is 8.47. The fraction of sp³-hybridized carbons (Fsp3) is 0.545. The number of nitrogens with one attached hydrogen (secondary N) is 1. The maximum atomic E-state index is 12.5. The minimum absolute atomic E-state index is 0.00482. The molecule has 1 aromatic carbocycles. The lowest BCUT2D eigenvalue weighted by Gasteiger charge is -2.29. The molecule has 0 amide bonds. The summed E-state index contributed by atoms with van der Waals surface area (Å²) >= 11 is 0. The lowest BCUT2D eigenvalue weighted by molar-refractivity contribution is -0.150. The molecular formula is C22H30N4O2. The van der Waals surface area contributed by atoms with E-state index in [4.69, 9.17) is 4.74 Å². The highest BCUT2D eigenvalue weighted by Crippen LogP contribution is 2.41. The smallest absolute Gasteiger partial charge is 0.312 e. The van der Waals surface area contributed by atoms with Crippen LogP contribution in [-0.2, 0) is 16.1 Å². The number of aryl methyl sites for hydroxylation is 2. The van der Waals surface area contributed by atoms with Crippen molar-refractivity contribution in [1.82, 2.24) is 20.0 Å². The number of hydrogen-bond acceptors (Lipinski definition) is 5. The molecule has 0 aliphatic carbocycles. The van der Waals surface area contributed by atoms with Crippen molar-refractivity contribution in [2.45, 2.75) is 45.8 Å². The number of nitrogens with zero attached hydrogens (tertiary/aromatic N) is 3. The summed E-state index contributed by atoms with van der Waals surface area (Å²) in [4.78, 5) is 14.7. The van der Waals surface area contributed by atoms with Crippen molar-refractivity contribution in [2.24, 2.45) is 5.41 Å². The number of benzene rings is 1. The summed E-state index contributed by atoms with van der Waals surface area (Å²) in [7, 11) is 2.09. The van der Waals surface area contributed by atoms with Crippen LogP contribution in [0.25, 0.3) is 5.69 Å². The fourth-order valence-corrected chi connectivity index (χ4v) is 4.65. The third-order valence-corrected chi connectivity index (χ3v) is 6.02. The normalized spacial score (nSPS) is 21.4. The van der Waals surface area contributed by atoms with Gasteiger partial charge in [0.25, 0.3) is 0 Å². The van der Waals surface area contributed by atoms with Gasteiger partial charge in [-0.2, -0.15) is 5.10 Å². The van der Waals surface area contributed by atoms with Crippen molar-refractivity contribution < 1.29 is 9.53 Å². The van der Waals surface area contributed by atoms with Crippen molar-refractivity contribution in [1.29, 1.82) is 0 Å². The lowest BCUT2D eigenvalue weighted by atomic mass is 9.76. The van der Waals surface area contributed by atoms with Gasteiger partial charge in [-0.1, -0.05) is 12.1 Å². The Labute approximate surface area is 166 Å². The van der Waals surface area contributed by atoms with E-state index in [9.17, 15) is 4.79 Å². The predicted octanol–water partition coefficient (Wildman–Crippen LogP) is 2.61. The predicted molar refractivity (Wildman–Crippen MR) is 108 cm³/mol. The number of esters is 1. The van der Waals surface area contributed by atoms with Gasteiger partial charge >= 0.3 is 5.97 Å². The Balaban J connectivity index is 1.39. The van der Waals surface area contributed by atoms with Crippen molar-refractivity contribution in [3.05, 3.63) is 47.3 Å². The van der Waals surface area contributed by atoms with Gasteiger partial charge in [0.15, 0.2) is 0 Å². The maximum Gasteiger partial charge on any atom is 0.312 e. The lowest BCUT2D eigenvalue weighted by Crippen LogP contribution is -2.39. The average Bonchev–Trinajstić information content (AvgIpc) is 3.14. The van der Waals surface area contributed by atoms with Gasteiger partial charge < -0.3 is 10.1 Å². The molecule has 28 heavy (non-hydrogen) atoms. The second kappa shape index (κ2) is 7.68. The van der Waals surface area contributed by atoms with E-state index in [1.807, 2.05) is 11.6 Å². The zero-order chi connectivity index (χ0) is 19.7. The molecular weight excluding hydrogens is 352 g/mol. The van der Waals surface area contributed by atoms with Gasteiger partial charge in [-0.3, -0.25) is 9.69 Å². The van der Waals surface area contributed by atoms with Crippen LogP contribution >= 0.6 is 0 Å². The van der Waals surface area contributed by atoms with Gasteiger partial charge in [-0.25, -0.2) is 4.68 Å². The molecule has 2 saturated heterocycles. The van der Waals surface area contributed by atoms with Crippen molar-refractivity contribution in [3.63, 3.8) is 0 Å². The summed E-state index contributed by atoms with van der Waals surface area (Å²) in [6, 6.07) is 10.6. The van der Waals surface area contributed by atoms with Crippen LogP contribution in [0.3, 0.4) is 0 Å². The molecule has 1 spiro atoms. The standard InChI is InChI=1S/C22H30N4O2/c1-16-11-17(2)26(24-16)19-6-4-5-18(12-19)14-25(3)15-20-13-22(21(27)28-20)7-9-23-10-8-22/h4-6,11-12,20,23H,7-10,13-15H2,1-3H3. The van der Waals surface area contributed by atoms with Crippen LogP contribution in [0, 0.1) is 19.3 Å². The highest BCUT2D eigenvalue weighted by Gasteiger charge is 2.49. The number of likely N-dealkylation sites (N-methyl/N-ethyl adjacent to an activating group) is 1. The average molecular weight is 383 g/mol. The first-order valence-electron chi connectivity index (χ1n) is 10.2. The van der Waals surface area contributed by atoms with Gasteiger partial charge in [-0.05, 0) is 70.6 Å².